The fourth-order valence-corrected chi connectivity index (χ4v) is 7.29. The summed E-state index contributed by atoms with van der Waals surface area (Å²) in [5.74, 6) is 0.381. The molecule has 0 spiro atoms. The quantitative estimate of drug-likeness (QED) is 0.449. The van der Waals surface area contributed by atoms with Crippen LogP contribution in [-0.4, -0.2) is 34.2 Å². The zero-order valence-electron chi connectivity index (χ0n) is 21.9. The number of carbonyl (C=O) groups excluding carboxylic acids is 1. The van der Waals surface area contributed by atoms with Crippen molar-refractivity contribution >= 4 is 34.5 Å². The second kappa shape index (κ2) is 10.8. The van der Waals surface area contributed by atoms with Gasteiger partial charge in [0.15, 0.2) is 0 Å². The van der Waals surface area contributed by atoms with Gasteiger partial charge in [0, 0.05) is 16.8 Å². The van der Waals surface area contributed by atoms with Crippen LogP contribution in [0, 0.1) is 23.2 Å². The van der Waals surface area contributed by atoms with Crippen LogP contribution in [0.4, 0.5) is 5.69 Å². The van der Waals surface area contributed by atoms with Crippen molar-refractivity contribution in [2.75, 3.05) is 4.90 Å². The van der Waals surface area contributed by atoms with Crippen LogP contribution < -0.4 is 4.90 Å². The van der Waals surface area contributed by atoms with Crippen molar-refractivity contribution in [3.05, 3.63) is 21.9 Å². The number of carboxylic acid groups (broad SMARTS) is 1. The molecule has 1 unspecified atom stereocenters. The molecule has 0 aromatic carbocycles. The number of carboxylic acids is 1. The second-order valence-electron chi connectivity index (χ2n) is 12.3. The lowest BCUT2D eigenvalue weighted by Gasteiger charge is -2.38. The smallest absolute Gasteiger partial charge is 0.348 e. The first-order chi connectivity index (χ1) is 16.5. The zero-order valence-corrected chi connectivity index (χ0v) is 22.7. The summed E-state index contributed by atoms with van der Waals surface area (Å²) in [7, 11) is 0. The van der Waals surface area contributed by atoms with Gasteiger partial charge in [0.2, 0.25) is 5.91 Å². The third-order valence-corrected chi connectivity index (χ3v) is 9.94. The SMILES string of the molecule is CC(C)(C)C1CC=C(c2cc(N(C(=O)[C@H]3CC[C@H](C)CC3)[C@H]3CC[C@H](O)CC3)c(C(=O)O)s2)CC1. The normalized spacial score (nSPS) is 30.0. The van der Waals surface area contributed by atoms with Gasteiger partial charge in [-0.05, 0) is 99.5 Å². The van der Waals surface area contributed by atoms with Crippen molar-refractivity contribution in [1.29, 1.82) is 0 Å². The number of nitrogens with zero attached hydrogens (tertiary/aromatic N) is 1. The number of aromatic carboxylic acids is 1. The molecule has 3 aliphatic rings. The Hall–Kier alpha value is -1.66. The van der Waals surface area contributed by atoms with Gasteiger partial charge in [-0.25, -0.2) is 4.79 Å². The number of amides is 1. The Kier molecular flexibility index (Phi) is 8.12. The number of thiophene rings is 1. The molecule has 5 nitrogen and oxygen atoms in total. The molecular formula is C29H43NO4S. The fourth-order valence-electron chi connectivity index (χ4n) is 6.23. The van der Waals surface area contributed by atoms with Crippen LogP contribution >= 0.6 is 11.3 Å². The molecule has 0 bridgehead atoms. The number of hydrogen-bond acceptors (Lipinski definition) is 4. The topological polar surface area (TPSA) is 77.8 Å². The molecule has 1 heterocycles. The summed E-state index contributed by atoms with van der Waals surface area (Å²) in [4.78, 5) is 29.5. The molecule has 3 aliphatic carbocycles. The van der Waals surface area contributed by atoms with Crippen LogP contribution in [0.1, 0.15) is 113 Å². The van der Waals surface area contributed by atoms with Crippen molar-refractivity contribution < 1.29 is 19.8 Å². The van der Waals surface area contributed by atoms with Crippen molar-refractivity contribution in [2.24, 2.45) is 23.2 Å². The second-order valence-corrected chi connectivity index (χ2v) is 13.4. The summed E-state index contributed by atoms with van der Waals surface area (Å²) >= 11 is 1.33. The summed E-state index contributed by atoms with van der Waals surface area (Å²) in [6.07, 6.45) is 11.7. The van der Waals surface area contributed by atoms with Gasteiger partial charge < -0.3 is 15.1 Å². The Morgan fingerprint density at radius 3 is 2.20 bits per heavy atom. The van der Waals surface area contributed by atoms with E-state index in [1.807, 2.05) is 11.0 Å². The van der Waals surface area contributed by atoms with Crippen LogP contribution in [0.5, 0.6) is 0 Å². The lowest BCUT2D eigenvalue weighted by Crippen LogP contribution is -2.47. The van der Waals surface area contributed by atoms with Crippen molar-refractivity contribution in [1.82, 2.24) is 0 Å². The van der Waals surface area contributed by atoms with E-state index in [0.717, 1.165) is 62.7 Å². The molecule has 1 atom stereocenters. The number of anilines is 1. The highest BCUT2D eigenvalue weighted by Crippen LogP contribution is 2.44. The molecule has 1 amide bonds. The maximum Gasteiger partial charge on any atom is 0.348 e. The monoisotopic (exact) mass is 501 g/mol. The summed E-state index contributed by atoms with van der Waals surface area (Å²) < 4.78 is 0. The molecule has 2 fully saturated rings. The molecule has 35 heavy (non-hydrogen) atoms. The van der Waals surface area contributed by atoms with E-state index in [-0.39, 0.29) is 34.3 Å². The average Bonchev–Trinajstić information content (AvgIpc) is 3.26. The van der Waals surface area contributed by atoms with Crippen LogP contribution in [0.15, 0.2) is 12.1 Å². The van der Waals surface area contributed by atoms with E-state index in [9.17, 15) is 19.8 Å². The molecular weight excluding hydrogens is 458 g/mol. The Morgan fingerprint density at radius 1 is 1.00 bits per heavy atom. The number of aliphatic hydroxyl groups is 1. The summed E-state index contributed by atoms with van der Waals surface area (Å²) in [6, 6.07) is 1.95. The molecule has 4 rings (SSSR count). The molecule has 0 saturated heterocycles. The van der Waals surface area contributed by atoms with Gasteiger partial charge in [0.1, 0.15) is 4.88 Å². The number of aliphatic hydroxyl groups excluding tert-OH is 1. The number of rotatable bonds is 5. The van der Waals surface area contributed by atoms with E-state index in [0.29, 0.717) is 30.4 Å². The maximum absolute atomic E-state index is 14.0. The molecule has 194 valence electrons. The highest BCUT2D eigenvalue weighted by atomic mass is 32.1. The lowest BCUT2D eigenvalue weighted by molar-refractivity contribution is -0.124. The van der Waals surface area contributed by atoms with Crippen LogP contribution in [0.3, 0.4) is 0 Å². The summed E-state index contributed by atoms with van der Waals surface area (Å²) in [6.45, 7) is 9.12. The van der Waals surface area contributed by atoms with Gasteiger partial charge in [-0.1, -0.05) is 33.8 Å². The van der Waals surface area contributed by atoms with Crippen molar-refractivity contribution in [2.45, 2.75) is 110 Å². The van der Waals surface area contributed by atoms with Gasteiger partial charge in [-0.3, -0.25) is 4.79 Å². The molecule has 6 heteroatoms. The predicted molar refractivity (Wildman–Crippen MR) is 143 cm³/mol. The minimum absolute atomic E-state index is 0.0375. The van der Waals surface area contributed by atoms with Crippen molar-refractivity contribution in [3.63, 3.8) is 0 Å². The average molecular weight is 502 g/mol. The van der Waals surface area contributed by atoms with Gasteiger partial charge in [0.25, 0.3) is 0 Å². The minimum Gasteiger partial charge on any atom is -0.477 e. The van der Waals surface area contributed by atoms with E-state index >= 15 is 0 Å². The molecule has 0 radical (unpaired) electrons. The Morgan fingerprint density at radius 2 is 1.66 bits per heavy atom. The fraction of sp³-hybridized carbons (Fsp3) is 0.724. The number of hydrogen-bond donors (Lipinski definition) is 2. The van der Waals surface area contributed by atoms with Gasteiger partial charge in [-0.15, -0.1) is 11.3 Å². The number of carbonyl (C=O) groups is 2. The minimum atomic E-state index is -0.953. The van der Waals surface area contributed by atoms with Gasteiger partial charge >= 0.3 is 5.97 Å². The first-order valence-corrected chi connectivity index (χ1v) is 14.4. The molecule has 1 aromatic rings. The highest BCUT2D eigenvalue weighted by molar-refractivity contribution is 7.15. The standard InChI is InChI=1S/C29H43NO4S/c1-18-5-7-20(8-6-18)27(32)30(22-13-15-23(31)16-14-22)24-17-25(35-26(24)28(33)34)19-9-11-21(12-10-19)29(2,3)4/h9,17-18,20-23,31H,5-8,10-16H2,1-4H3,(H,33,34)/t18-,20-,21?,22-,23-. The third kappa shape index (κ3) is 6.02. The first-order valence-electron chi connectivity index (χ1n) is 13.6. The Labute approximate surface area is 214 Å². The van der Waals surface area contributed by atoms with Gasteiger partial charge in [0.05, 0.1) is 11.8 Å². The number of allylic oxidation sites excluding steroid dienone is 2. The predicted octanol–water partition coefficient (Wildman–Crippen LogP) is 7.14. The highest BCUT2D eigenvalue weighted by Gasteiger charge is 2.38. The molecule has 2 N–H and O–H groups in total. The van der Waals surface area contributed by atoms with E-state index < -0.39 is 5.97 Å². The van der Waals surface area contributed by atoms with E-state index in [1.54, 1.807) is 0 Å². The Bertz CT molecular complexity index is 942. The van der Waals surface area contributed by atoms with E-state index in [1.165, 1.54) is 16.9 Å². The molecule has 2 saturated carbocycles. The molecule has 1 aromatic heterocycles. The van der Waals surface area contributed by atoms with Crippen LogP contribution in [0.2, 0.25) is 0 Å². The molecule has 0 aliphatic heterocycles. The van der Waals surface area contributed by atoms with E-state index in [4.69, 9.17) is 0 Å². The lowest BCUT2D eigenvalue weighted by atomic mass is 9.73. The van der Waals surface area contributed by atoms with E-state index in [2.05, 4.69) is 33.8 Å². The van der Waals surface area contributed by atoms with Gasteiger partial charge in [-0.2, -0.15) is 0 Å². The largest absolute Gasteiger partial charge is 0.477 e. The zero-order chi connectivity index (χ0) is 25.3. The maximum atomic E-state index is 14.0. The Balaban J connectivity index is 1.67. The first kappa shape index (κ1) is 26.4. The third-order valence-electron chi connectivity index (χ3n) is 8.75. The summed E-state index contributed by atoms with van der Waals surface area (Å²) in [5, 5.41) is 20.2. The van der Waals surface area contributed by atoms with Crippen molar-refractivity contribution in [3.8, 4) is 0 Å². The summed E-state index contributed by atoms with van der Waals surface area (Å²) in [5.41, 5.74) is 2.07. The van der Waals surface area contributed by atoms with Crippen LogP contribution in [0.25, 0.3) is 5.57 Å². The van der Waals surface area contributed by atoms with Crippen LogP contribution in [-0.2, 0) is 4.79 Å².